The number of nitrogens with one attached hydrogen (secondary N) is 1. The van der Waals surface area contributed by atoms with Crippen LogP contribution in [-0.4, -0.2) is 72.5 Å². The SMILES string of the molecule is CC(CN(CCCOc1ccc(C(=O)C(C)C)cc1)C(C)C)NC[C@@H](C)Oc1ccc(OCC(=O)C(C)C)cn1. The van der Waals surface area contributed by atoms with Crippen molar-refractivity contribution in [2.75, 3.05) is 32.8 Å². The minimum absolute atomic E-state index is 0.00892. The van der Waals surface area contributed by atoms with Gasteiger partial charge in [-0.05, 0) is 64.4 Å². The van der Waals surface area contributed by atoms with Crippen LogP contribution in [-0.2, 0) is 4.79 Å². The van der Waals surface area contributed by atoms with Gasteiger partial charge in [0.1, 0.15) is 24.2 Å². The molecule has 2 aromatic rings. The Labute approximate surface area is 240 Å². The van der Waals surface area contributed by atoms with Crippen LogP contribution in [0.1, 0.15) is 72.2 Å². The minimum atomic E-state index is -0.0626. The van der Waals surface area contributed by atoms with E-state index in [1.807, 2.05) is 58.9 Å². The second-order valence-electron chi connectivity index (χ2n) is 11.3. The maximum absolute atomic E-state index is 12.1. The molecule has 40 heavy (non-hydrogen) atoms. The summed E-state index contributed by atoms with van der Waals surface area (Å²) in [6, 6.07) is 11.7. The molecule has 0 spiro atoms. The van der Waals surface area contributed by atoms with Gasteiger partial charge in [-0.15, -0.1) is 0 Å². The molecule has 0 saturated heterocycles. The molecule has 1 N–H and O–H groups in total. The van der Waals surface area contributed by atoms with E-state index in [2.05, 4.69) is 36.0 Å². The molecule has 2 rings (SSSR count). The maximum atomic E-state index is 12.1. The highest BCUT2D eigenvalue weighted by atomic mass is 16.5. The van der Waals surface area contributed by atoms with Crippen LogP contribution in [0.2, 0.25) is 0 Å². The molecule has 0 bridgehead atoms. The molecule has 1 heterocycles. The molecule has 0 amide bonds. The number of rotatable bonds is 19. The number of hydrogen-bond donors (Lipinski definition) is 1. The molecule has 0 aliphatic heterocycles. The normalized spacial score (nSPS) is 13.1. The Hall–Kier alpha value is -2.97. The van der Waals surface area contributed by atoms with E-state index in [0.29, 0.717) is 30.8 Å². The van der Waals surface area contributed by atoms with Crippen LogP contribution < -0.4 is 19.5 Å². The molecule has 1 aromatic heterocycles. The fourth-order valence-corrected chi connectivity index (χ4v) is 3.94. The third-order valence-electron chi connectivity index (χ3n) is 6.57. The van der Waals surface area contributed by atoms with Gasteiger partial charge in [0.25, 0.3) is 0 Å². The van der Waals surface area contributed by atoms with Crippen molar-refractivity contribution in [3.05, 3.63) is 48.2 Å². The van der Waals surface area contributed by atoms with Crippen molar-refractivity contribution in [1.29, 1.82) is 0 Å². The first-order valence-electron chi connectivity index (χ1n) is 14.5. The zero-order valence-corrected chi connectivity index (χ0v) is 25.6. The minimum Gasteiger partial charge on any atom is -0.494 e. The average Bonchev–Trinajstić information content (AvgIpc) is 2.92. The van der Waals surface area contributed by atoms with Crippen LogP contribution in [0.4, 0.5) is 0 Å². The lowest BCUT2D eigenvalue weighted by Gasteiger charge is -2.30. The van der Waals surface area contributed by atoms with Gasteiger partial charge in [0, 0.05) is 55.2 Å². The molecule has 0 saturated carbocycles. The van der Waals surface area contributed by atoms with Crippen molar-refractivity contribution in [2.45, 2.75) is 80.0 Å². The predicted octanol–water partition coefficient (Wildman–Crippen LogP) is 5.45. The summed E-state index contributed by atoms with van der Waals surface area (Å²) in [7, 11) is 0. The van der Waals surface area contributed by atoms with Crippen LogP contribution >= 0.6 is 0 Å². The Balaban J connectivity index is 1.69. The van der Waals surface area contributed by atoms with Gasteiger partial charge < -0.3 is 19.5 Å². The molecule has 222 valence electrons. The summed E-state index contributed by atoms with van der Waals surface area (Å²) >= 11 is 0. The van der Waals surface area contributed by atoms with E-state index in [1.54, 1.807) is 18.3 Å². The summed E-state index contributed by atoms with van der Waals surface area (Å²) in [4.78, 5) is 30.6. The first kappa shape index (κ1) is 33.2. The third kappa shape index (κ3) is 12.0. The number of ether oxygens (including phenoxy) is 3. The third-order valence-corrected chi connectivity index (χ3v) is 6.57. The second kappa shape index (κ2) is 17.0. The first-order chi connectivity index (χ1) is 19.0. The van der Waals surface area contributed by atoms with Gasteiger partial charge in [0.15, 0.2) is 11.6 Å². The molecular weight excluding hydrogens is 506 g/mol. The van der Waals surface area contributed by atoms with E-state index in [4.69, 9.17) is 14.2 Å². The maximum Gasteiger partial charge on any atom is 0.213 e. The lowest BCUT2D eigenvalue weighted by molar-refractivity contribution is -0.123. The van der Waals surface area contributed by atoms with E-state index < -0.39 is 0 Å². The fourth-order valence-electron chi connectivity index (χ4n) is 3.94. The van der Waals surface area contributed by atoms with Crippen molar-refractivity contribution in [3.8, 4) is 17.4 Å². The highest BCUT2D eigenvalue weighted by molar-refractivity contribution is 5.97. The lowest BCUT2D eigenvalue weighted by atomic mass is 10.0. The Kier molecular flexibility index (Phi) is 14.1. The van der Waals surface area contributed by atoms with E-state index in [-0.39, 0.29) is 42.2 Å². The van der Waals surface area contributed by atoms with Crippen LogP contribution in [0.5, 0.6) is 17.4 Å². The highest BCUT2D eigenvalue weighted by Crippen LogP contribution is 2.17. The van der Waals surface area contributed by atoms with E-state index in [9.17, 15) is 9.59 Å². The number of nitrogens with zero attached hydrogens (tertiary/aromatic N) is 2. The number of carbonyl (C=O) groups excluding carboxylic acids is 2. The standard InChI is InChI=1S/C32H49N3O5/c1-22(2)30(36)21-39-29-14-15-31(34-19-29)40-26(8)18-33-25(7)20-35(24(5)6)16-9-17-38-28-12-10-27(11-13-28)32(37)23(3)4/h10-15,19,22-26,33H,9,16-18,20-21H2,1-8H3/t25?,26-/m1/s1. The fraction of sp³-hybridized carbons (Fsp3) is 0.594. The van der Waals surface area contributed by atoms with E-state index >= 15 is 0 Å². The predicted molar refractivity (Wildman–Crippen MR) is 160 cm³/mol. The van der Waals surface area contributed by atoms with Gasteiger partial charge in [-0.3, -0.25) is 14.5 Å². The molecular formula is C32H49N3O5. The largest absolute Gasteiger partial charge is 0.494 e. The Morgan fingerprint density at radius 3 is 2.12 bits per heavy atom. The zero-order valence-electron chi connectivity index (χ0n) is 25.6. The van der Waals surface area contributed by atoms with Crippen LogP contribution in [0.3, 0.4) is 0 Å². The summed E-state index contributed by atoms with van der Waals surface area (Å²) in [5, 5.41) is 3.57. The van der Waals surface area contributed by atoms with Crippen molar-refractivity contribution >= 4 is 11.6 Å². The Morgan fingerprint density at radius 2 is 1.55 bits per heavy atom. The molecule has 1 unspecified atom stereocenters. The number of Topliss-reactive ketones (excluding diaryl/α,β-unsaturated/α-hetero) is 2. The van der Waals surface area contributed by atoms with E-state index in [0.717, 1.165) is 30.8 Å². The molecule has 0 radical (unpaired) electrons. The molecule has 8 heteroatoms. The van der Waals surface area contributed by atoms with Crippen molar-refractivity contribution in [3.63, 3.8) is 0 Å². The molecule has 8 nitrogen and oxygen atoms in total. The highest BCUT2D eigenvalue weighted by Gasteiger charge is 2.15. The average molecular weight is 556 g/mol. The van der Waals surface area contributed by atoms with Gasteiger partial charge >= 0.3 is 0 Å². The van der Waals surface area contributed by atoms with Gasteiger partial charge in [-0.2, -0.15) is 0 Å². The number of carbonyl (C=O) groups is 2. The quantitative estimate of drug-likeness (QED) is 0.181. The number of aromatic nitrogens is 1. The summed E-state index contributed by atoms with van der Waals surface area (Å²) in [6.45, 7) is 19.3. The molecule has 2 atom stereocenters. The van der Waals surface area contributed by atoms with Gasteiger partial charge in [0.05, 0.1) is 12.8 Å². The van der Waals surface area contributed by atoms with Crippen LogP contribution in [0.15, 0.2) is 42.6 Å². The van der Waals surface area contributed by atoms with E-state index in [1.165, 1.54) is 0 Å². The zero-order chi connectivity index (χ0) is 29.7. The van der Waals surface area contributed by atoms with Crippen molar-refractivity contribution < 1.29 is 23.8 Å². The van der Waals surface area contributed by atoms with Crippen LogP contribution in [0, 0.1) is 11.8 Å². The van der Waals surface area contributed by atoms with Gasteiger partial charge in [0.2, 0.25) is 5.88 Å². The van der Waals surface area contributed by atoms with Gasteiger partial charge in [-0.1, -0.05) is 27.7 Å². The molecule has 0 fully saturated rings. The lowest BCUT2D eigenvalue weighted by Crippen LogP contribution is -2.45. The van der Waals surface area contributed by atoms with Gasteiger partial charge in [-0.25, -0.2) is 4.98 Å². The number of hydrogen-bond acceptors (Lipinski definition) is 8. The summed E-state index contributed by atoms with van der Waals surface area (Å²) in [5.41, 5.74) is 0.726. The summed E-state index contributed by atoms with van der Waals surface area (Å²) in [5.74, 6) is 2.01. The summed E-state index contributed by atoms with van der Waals surface area (Å²) in [6.07, 6.45) is 2.43. The smallest absolute Gasteiger partial charge is 0.213 e. The Morgan fingerprint density at radius 1 is 0.875 bits per heavy atom. The van der Waals surface area contributed by atoms with Crippen molar-refractivity contribution in [1.82, 2.24) is 15.2 Å². The molecule has 0 aliphatic rings. The number of benzene rings is 1. The summed E-state index contributed by atoms with van der Waals surface area (Å²) < 4.78 is 17.4. The number of ketones is 2. The number of pyridine rings is 1. The second-order valence-corrected chi connectivity index (χ2v) is 11.3. The van der Waals surface area contributed by atoms with Crippen LogP contribution in [0.25, 0.3) is 0 Å². The van der Waals surface area contributed by atoms with Crippen molar-refractivity contribution in [2.24, 2.45) is 11.8 Å². The Bertz CT molecular complexity index is 1020. The monoisotopic (exact) mass is 555 g/mol. The first-order valence-corrected chi connectivity index (χ1v) is 14.5. The topological polar surface area (TPSA) is 90.0 Å². The molecule has 0 aliphatic carbocycles. The molecule has 1 aromatic carbocycles.